The van der Waals surface area contributed by atoms with Crippen LogP contribution in [0.3, 0.4) is 0 Å². The van der Waals surface area contributed by atoms with Crippen molar-refractivity contribution in [3.05, 3.63) is 40.9 Å². The summed E-state index contributed by atoms with van der Waals surface area (Å²) in [6.07, 6.45) is 3.05. The summed E-state index contributed by atoms with van der Waals surface area (Å²) in [6, 6.07) is 7.29. The van der Waals surface area contributed by atoms with Crippen LogP contribution < -0.4 is 10.6 Å². The molecule has 0 aromatic heterocycles. The van der Waals surface area contributed by atoms with Gasteiger partial charge in [-0.15, -0.1) is 0 Å². The van der Waals surface area contributed by atoms with Crippen molar-refractivity contribution in [3.63, 3.8) is 0 Å². The maximum absolute atomic E-state index is 11.7. The Morgan fingerprint density at radius 1 is 1.32 bits per heavy atom. The molecule has 0 spiro atoms. The Bertz CT molecular complexity index is 506. The van der Waals surface area contributed by atoms with Crippen LogP contribution in [0.1, 0.15) is 26.3 Å². The molecular formula is C14H17ClN2OS. The van der Waals surface area contributed by atoms with E-state index in [2.05, 4.69) is 10.6 Å². The van der Waals surface area contributed by atoms with Crippen LogP contribution in [-0.4, -0.2) is 16.6 Å². The molecule has 1 aromatic carbocycles. The van der Waals surface area contributed by atoms with Crippen molar-refractivity contribution in [2.45, 2.75) is 26.3 Å². The summed E-state index contributed by atoms with van der Waals surface area (Å²) < 4.78 is 0. The van der Waals surface area contributed by atoms with Crippen LogP contribution in [0, 0.1) is 0 Å². The molecule has 102 valence electrons. The highest BCUT2D eigenvalue weighted by molar-refractivity contribution is 7.80. The second-order valence-corrected chi connectivity index (χ2v) is 5.86. The molecule has 0 bridgehead atoms. The van der Waals surface area contributed by atoms with Crippen LogP contribution in [0.15, 0.2) is 30.3 Å². The van der Waals surface area contributed by atoms with E-state index in [1.54, 1.807) is 12.1 Å². The first kappa shape index (κ1) is 15.7. The number of thiocarbonyl (C=S) groups is 1. The zero-order valence-corrected chi connectivity index (χ0v) is 12.7. The summed E-state index contributed by atoms with van der Waals surface area (Å²) in [5.41, 5.74) is 0.602. The Morgan fingerprint density at radius 3 is 2.53 bits per heavy atom. The number of halogens is 1. The number of nitrogens with one attached hydrogen (secondary N) is 2. The highest BCUT2D eigenvalue weighted by atomic mass is 35.5. The molecule has 0 unspecified atom stereocenters. The Hall–Kier alpha value is -1.39. The van der Waals surface area contributed by atoms with Crippen LogP contribution in [0.5, 0.6) is 0 Å². The van der Waals surface area contributed by atoms with Crippen LogP contribution in [0.2, 0.25) is 5.02 Å². The summed E-state index contributed by atoms with van der Waals surface area (Å²) in [6.45, 7) is 5.89. The van der Waals surface area contributed by atoms with E-state index < -0.39 is 0 Å². The summed E-state index contributed by atoms with van der Waals surface area (Å²) in [4.78, 5) is 11.7. The monoisotopic (exact) mass is 296 g/mol. The van der Waals surface area contributed by atoms with E-state index in [0.717, 1.165) is 5.56 Å². The molecule has 3 nitrogen and oxygen atoms in total. The first-order valence-corrected chi connectivity index (χ1v) is 6.62. The Labute approximate surface area is 124 Å². The van der Waals surface area contributed by atoms with Gasteiger partial charge in [-0.1, -0.05) is 29.8 Å². The third-order valence-corrected chi connectivity index (χ3v) is 2.59. The molecule has 2 N–H and O–H groups in total. The Balaban J connectivity index is 2.57. The fraction of sp³-hybridized carbons (Fsp3) is 0.286. The largest absolute Gasteiger partial charge is 0.358 e. The lowest BCUT2D eigenvalue weighted by molar-refractivity contribution is -0.115. The van der Waals surface area contributed by atoms with E-state index in [1.807, 2.05) is 39.0 Å². The van der Waals surface area contributed by atoms with Crippen LogP contribution in [-0.2, 0) is 4.79 Å². The molecule has 0 aliphatic carbocycles. The predicted molar refractivity (Wildman–Crippen MR) is 84.1 cm³/mol. The van der Waals surface area contributed by atoms with Gasteiger partial charge in [0.05, 0.1) is 0 Å². The number of hydrogen-bond acceptors (Lipinski definition) is 2. The molecule has 0 aliphatic heterocycles. The smallest absolute Gasteiger partial charge is 0.250 e. The van der Waals surface area contributed by atoms with Crippen LogP contribution in [0.4, 0.5) is 0 Å². The van der Waals surface area contributed by atoms with Gasteiger partial charge in [-0.25, -0.2) is 0 Å². The van der Waals surface area contributed by atoms with E-state index in [-0.39, 0.29) is 11.4 Å². The maximum atomic E-state index is 11.7. The summed E-state index contributed by atoms with van der Waals surface area (Å²) in [7, 11) is 0. The van der Waals surface area contributed by atoms with Crippen molar-refractivity contribution in [2.75, 3.05) is 0 Å². The minimum Gasteiger partial charge on any atom is -0.358 e. The van der Waals surface area contributed by atoms with Crippen molar-refractivity contribution >= 4 is 40.9 Å². The third kappa shape index (κ3) is 6.36. The molecule has 0 radical (unpaired) electrons. The first-order chi connectivity index (χ1) is 8.78. The van der Waals surface area contributed by atoms with Gasteiger partial charge in [-0.2, -0.15) is 0 Å². The highest BCUT2D eigenvalue weighted by Gasteiger charge is 2.11. The summed E-state index contributed by atoms with van der Waals surface area (Å²) in [5.74, 6) is -0.290. The molecule has 5 heteroatoms. The fourth-order valence-electron chi connectivity index (χ4n) is 1.30. The lowest BCUT2D eigenvalue weighted by Crippen LogP contribution is -2.47. The van der Waals surface area contributed by atoms with Gasteiger partial charge in [0.15, 0.2) is 5.11 Å². The number of amides is 1. The van der Waals surface area contributed by atoms with Gasteiger partial charge in [0.1, 0.15) is 0 Å². The molecule has 19 heavy (non-hydrogen) atoms. The zero-order chi connectivity index (χ0) is 14.5. The van der Waals surface area contributed by atoms with Crippen molar-refractivity contribution in [1.82, 2.24) is 10.6 Å². The van der Waals surface area contributed by atoms with Gasteiger partial charge in [0, 0.05) is 16.6 Å². The molecule has 0 saturated heterocycles. The van der Waals surface area contributed by atoms with E-state index in [9.17, 15) is 4.79 Å². The van der Waals surface area contributed by atoms with Gasteiger partial charge < -0.3 is 5.32 Å². The SMILES string of the molecule is CC(C)(C)NC(=S)NC(=O)/C=C/c1ccccc1Cl. The quantitative estimate of drug-likeness (QED) is 0.651. The number of hydrogen-bond donors (Lipinski definition) is 2. The van der Waals surface area contributed by atoms with Crippen molar-refractivity contribution < 1.29 is 4.79 Å². The normalized spacial score (nSPS) is 11.4. The number of carbonyl (C=O) groups excluding carboxylic acids is 1. The Kier molecular flexibility index (Phi) is 5.51. The van der Waals surface area contributed by atoms with Crippen LogP contribution >= 0.6 is 23.8 Å². The molecule has 1 rings (SSSR count). The van der Waals surface area contributed by atoms with Gasteiger partial charge in [0.2, 0.25) is 5.91 Å². The molecule has 0 aliphatic rings. The number of carbonyl (C=O) groups is 1. The van der Waals surface area contributed by atoms with Gasteiger partial charge in [-0.05, 0) is 50.7 Å². The average molecular weight is 297 g/mol. The van der Waals surface area contributed by atoms with Crippen molar-refractivity contribution in [2.24, 2.45) is 0 Å². The Morgan fingerprint density at radius 2 is 1.95 bits per heavy atom. The fourth-order valence-corrected chi connectivity index (χ4v) is 1.91. The van der Waals surface area contributed by atoms with Gasteiger partial charge >= 0.3 is 0 Å². The first-order valence-electron chi connectivity index (χ1n) is 5.84. The standard InChI is InChI=1S/C14H17ClN2OS/c1-14(2,3)17-13(19)16-12(18)9-8-10-6-4-5-7-11(10)15/h4-9H,1-3H3,(H2,16,17,18,19)/b9-8+. The topological polar surface area (TPSA) is 41.1 Å². The van der Waals surface area contributed by atoms with E-state index >= 15 is 0 Å². The second-order valence-electron chi connectivity index (χ2n) is 5.05. The van der Waals surface area contributed by atoms with Gasteiger partial charge in [0.25, 0.3) is 0 Å². The number of benzene rings is 1. The van der Waals surface area contributed by atoms with E-state index in [4.69, 9.17) is 23.8 Å². The summed E-state index contributed by atoms with van der Waals surface area (Å²) in [5, 5.41) is 6.48. The maximum Gasteiger partial charge on any atom is 0.250 e. The molecule has 0 atom stereocenters. The molecule has 1 amide bonds. The number of rotatable bonds is 2. The van der Waals surface area contributed by atoms with Gasteiger partial charge in [-0.3, -0.25) is 10.1 Å². The molecule has 0 heterocycles. The van der Waals surface area contributed by atoms with E-state index in [0.29, 0.717) is 10.1 Å². The molecule has 0 fully saturated rings. The molecule has 0 saturated carbocycles. The van der Waals surface area contributed by atoms with E-state index in [1.165, 1.54) is 6.08 Å². The average Bonchev–Trinajstić information content (AvgIpc) is 2.25. The van der Waals surface area contributed by atoms with Crippen molar-refractivity contribution in [3.8, 4) is 0 Å². The molecular weight excluding hydrogens is 280 g/mol. The molecule has 1 aromatic rings. The second kappa shape index (κ2) is 6.68. The minimum absolute atomic E-state index is 0.184. The minimum atomic E-state index is -0.290. The highest BCUT2D eigenvalue weighted by Crippen LogP contribution is 2.15. The zero-order valence-electron chi connectivity index (χ0n) is 11.2. The summed E-state index contributed by atoms with van der Waals surface area (Å²) >= 11 is 11.0. The third-order valence-electron chi connectivity index (χ3n) is 2.04. The predicted octanol–water partition coefficient (Wildman–Crippen LogP) is 3.14. The lowest BCUT2D eigenvalue weighted by Gasteiger charge is -2.22. The van der Waals surface area contributed by atoms with Crippen molar-refractivity contribution in [1.29, 1.82) is 0 Å². The lowest BCUT2D eigenvalue weighted by atomic mass is 10.1. The van der Waals surface area contributed by atoms with Crippen LogP contribution in [0.25, 0.3) is 6.08 Å².